The maximum Gasteiger partial charge on any atom is 0.165 e. The Hall–Kier alpha value is -1.10. The third kappa shape index (κ3) is 1.65. The fourth-order valence-corrected chi connectivity index (χ4v) is 1.87. The topological polar surface area (TPSA) is 82.8 Å². The molecule has 1 heterocycles. The van der Waals surface area contributed by atoms with Crippen LogP contribution in [0.25, 0.3) is 0 Å². The Balaban J connectivity index is 2.14. The van der Waals surface area contributed by atoms with Crippen molar-refractivity contribution in [3.05, 3.63) is 6.20 Å². The first-order valence-corrected chi connectivity index (χ1v) is 4.70. The van der Waals surface area contributed by atoms with E-state index in [1.807, 2.05) is 0 Å². The normalized spacial score (nSPS) is 29.0. The van der Waals surface area contributed by atoms with Gasteiger partial charge in [-0.05, 0) is 12.8 Å². The van der Waals surface area contributed by atoms with E-state index >= 15 is 0 Å². The molecule has 72 valence electrons. The van der Waals surface area contributed by atoms with Crippen LogP contribution >= 0.6 is 0 Å². The van der Waals surface area contributed by atoms with Gasteiger partial charge in [-0.1, -0.05) is 12.8 Å². The molecule has 5 nitrogen and oxygen atoms in total. The Labute approximate surface area is 77.1 Å². The quantitative estimate of drug-likeness (QED) is 0.653. The molecule has 2 rings (SSSR count). The fourth-order valence-electron chi connectivity index (χ4n) is 1.87. The Morgan fingerprint density at radius 3 is 2.77 bits per heavy atom. The highest BCUT2D eigenvalue weighted by Gasteiger charge is 2.24. The maximum absolute atomic E-state index is 5.98. The van der Waals surface area contributed by atoms with Crippen LogP contribution in [-0.4, -0.2) is 21.0 Å². The predicted octanol–water partition coefficient (Wildman–Crippen LogP) is 0.303. The van der Waals surface area contributed by atoms with E-state index in [4.69, 9.17) is 11.5 Å². The molecule has 4 N–H and O–H groups in total. The molecule has 1 aliphatic rings. The molecule has 1 aromatic rings. The number of hydrogen-bond acceptors (Lipinski definition) is 4. The monoisotopic (exact) mass is 181 g/mol. The van der Waals surface area contributed by atoms with Gasteiger partial charge in [0.1, 0.15) is 0 Å². The van der Waals surface area contributed by atoms with Gasteiger partial charge in [0.15, 0.2) is 5.82 Å². The highest BCUT2D eigenvalue weighted by atomic mass is 15.5. The van der Waals surface area contributed by atoms with E-state index in [0.717, 1.165) is 12.8 Å². The summed E-state index contributed by atoms with van der Waals surface area (Å²) in [7, 11) is 0. The second kappa shape index (κ2) is 3.33. The maximum atomic E-state index is 5.98. The van der Waals surface area contributed by atoms with Gasteiger partial charge >= 0.3 is 0 Å². The van der Waals surface area contributed by atoms with Crippen molar-refractivity contribution in [2.75, 3.05) is 5.73 Å². The van der Waals surface area contributed by atoms with Gasteiger partial charge in [0.25, 0.3) is 0 Å². The van der Waals surface area contributed by atoms with E-state index in [1.165, 1.54) is 12.8 Å². The average Bonchev–Trinajstić information content (AvgIpc) is 2.53. The molecule has 5 heteroatoms. The van der Waals surface area contributed by atoms with Crippen LogP contribution in [0.2, 0.25) is 0 Å². The number of anilines is 1. The van der Waals surface area contributed by atoms with Gasteiger partial charge < -0.3 is 11.5 Å². The standard InChI is InChI=1S/C8H15N5/c9-6-3-1-2-4-7(6)13-11-5-8(10)12-13/h5-7H,1-4,9H2,(H2,10,12). The summed E-state index contributed by atoms with van der Waals surface area (Å²) < 4.78 is 0. The molecule has 0 aliphatic heterocycles. The lowest BCUT2D eigenvalue weighted by atomic mass is 9.91. The summed E-state index contributed by atoms with van der Waals surface area (Å²) in [5.74, 6) is 0.470. The average molecular weight is 181 g/mol. The summed E-state index contributed by atoms with van der Waals surface area (Å²) in [6.45, 7) is 0. The lowest BCUT2D eigenvalue weighted by Gasteiger charge is -2.27. The van der Waals surface area contributed by atoms with Crippen molar-refractivity contribution in [2.45, 2.75) is 37.8 Å². The minimum Gasteiger partial charge on any atom is -0.381 e. The van der Waals surface area contributed by atoms with Crippen LogP contribution in [0, 0.1) is 0 Å². The molecular weight excluding hydrogens is 166 g/mol. The van der Waals surface area contributed by atoms with E-state index in [1.54, 1.807) is 11.0 Å². The molecule has 1 saturated carbocycles. The molecular formula is C8H15N5. The zero-order valence-electron chi connectivity index (χ0n) is 7.56. The SMILES string of the molecule is Nc1cnn(C2CCCCC2N)n1. The van der Waals surface area contributed by atoms with Crippen molar-refractivity contribution in [2.24, 2.45) is 5.73 Å². The van der Waals surface area contributed by atoms with Crippen LogP contribution in [0.5, 0.6) is 0 Å². The number of nitrogens with zero attached hydrogens (tertiary/aromatic N) is 3. The Morgan fingerprint density at radius 2 is 2.15 bits per heavy atom. The summed E-state index contributed by atoms with van der Waals surface area (Å²) in [5.41, 5.74) is 11.5. The van der Waals surface area contributed by atoms with Gasteiger partial charge in [0.05, 0.1) is 12.2 Å². The molecule has 0 aromatic carbocycles. The summed E-state index contributed by atoms with van der Waals surface area (Å²) in [4.78, 5) is 1.67. The molecule has 13 heavy (non-hydrogen) atoms. The first-order chi connectivity index (χ1) is 6.27. The van der Waals surface area contributed by atoms with Gasteiger partial charge in [-0.2, -0.15) is 9.90 Å². The van der Waals surface area contributed by atoms with Crippen molar-refractivity contribution < 1.29 is 0 Å². The molecule has 1 aliphatic carbocycles. The molecule has 0 spiro atoms. The third-order valence-electron chi connectivity index (χ3n) is 2.60. The van der Waals surface area contributed by atoms with Crippen molar-refractivity contribution >= 4 is 5.82 Å². The lowest BCUT2D eigenvalue weighted by Crippen LogP contribution is -2.36. The van der Waals surface area contributed by atoms with Crippen molar-refractivity contribution in [3.8, 4) is 0 Å². The third-order valence-corrected chi connectivity index (χ3v) is 2.60. The first kappa shape index (κ1) is 8.50. The molecule has 1 fully saturated rings. The number of aromatic nitrogens is 3. The van der Waals surface area contributed by atoms with Gasteiger partial charge in [-0.3, -0.25) is 0 Å². The second-order valence-electron chi connectivity index (χ2n) is 3.61. The predicted molar refractivity (Wildman–Crippen MR) is 49.9 cm³/mol. The first-order valence-electron chi connectivity index (χ1n) is 4.70. The molecule has 0 amide bonds. The Bertz CT molecular complexity index is 282. The van der Waals surface area contributed by atoms with E-state index in [9.17, 15) is 0 Å². The van der Waals surface area contributed by atoms with Crippen LogP contribution < -0.4 is 11.5 Å². The lowest BCUT2D eigenvalue weighted by molar-refractivity contribution is 0.263. The highest BCUT2D eigenvalue weighted by Crippen LogP contribution is 2.25. The summed E-state index contributed by atoms with van der Waals surface area (Å²) in [6.07, 6.45) is 6.12. The minimum absolute atomic E-state index is 0.181. The van der Waals surface area contributed by atoms with Crippen molar-refractivity contribution in [3.63, 3.8) is 0 Å². The number of hydrogen-bond donors (Lipinski definition) is 2. The molecule has 1 aromatic heterocycles. The number of nitrogens with two attached hydrogens (primary N) is 2. The molecule has 2 unspecified atom stereocenters. The van der Waals surface area contributed by atoms with Gasteiger partial charge in [-0.25, -0.2) is 0 Å². The highest BCUT2D eigenvalue weighted by molar-refractivity contribution is 5.19. The second-order valence-corrected chi connectivity index (χ2v) is 3.61. The molecule has 0 bridgehead atoms. The van der Waals surface area contributed by atoms with Crippen LogP contribution in [0.4, 0.5) is 5.82 Å². The van der Waals surface area contributed by atoms with E-state index < -0.39 is 0 Å². The Morgan fingerprint density at radius 1 is 1.38 bits per heavy atom. The number of nitrogen functional groups attached to an aromatic ring is 1. The number of rotatable bonds is 1. The molecule has 0 radical (unpaired) electrons. The minimum atomic E-state index is 0.181. The van der Waals surface area contributed by atoms with Crippen LogP contribution in [0.15, 0.2) is 6.20 Å². The largest absolute Gasteiger partial charge is 0.381 e. The summed E-state index contributed by atoms with van der Waals surface area (Å²) in [5, 5.41) is 8.18. The zero-order valence-corrected chi connectivity index (χ0v) is 7.56. The zero-order chi connectivity index (χ0) is 9.26. The molecule has 2 atom stereocenters. The Kier molecular flexibility index (Phi) is 2.18. The van der Waals surface area contributed by atoms with E-state index in [-0.39, 0.29) is 12.1 Å². The molecule has 0 saturated heterocycles. The van der Waals surface area contributed by atoms with Crippen molar-refractivity contribution in [1.29, 1.82) is 0 Å². The van der Waals surface area contributed by atoms with E-state index in [0.29, 0.717) is 5.82 Å². The van der Waals surface area contributed by atoms with Gasteiger partial charge in [0, 0.05) is 6.04 Å². The van der Waals surface area contributed by atoms with Crippen LogP contribution in [0.3, 0.4) is 0 Å². The smallest absolute Gasteiger partial charge is 0.165 e. The van der Waals surface area contributed by atoms with E-state index in [2.05, 4.69) is 10.2 Å². The summed E-state index contributed by atoms with van der Waals surface area (Å²) >= 11 is 0. The summed E-state index contributed by atoms with van der Waals surface area (Å²) in [6, 6.07) is 0.423. The van der Waals surface area contributed by atoms with Gasteiger partial charge in [0.2, 0.25) is 0 Å². The van der Waals surface area contributed by atoms with Crippen LogP contribution in [0.1, 0.15) is 31.7 Å². The van der Waals surface area contributed by atoms with Crippen molar-refractivity contribution in [1.82, 2.24) is 15.0 Å². The van der Waals surface area contributed by atoms with Crippen LogP contribution in [-0.2, 0) is 0 Å². The van der Waals surface area contributed by atoms with Gasteiger partial charge in [-0.15, -0.1) is 5.10 Å². The fraction of sp³-hybridized carbons (Fsp3) is 0.750.